The SMILES string of the molecule is CCOC(=O)C(C)CNCC(C)COC. The van der Waals surface area contributed by atoms with Crippen LogP contribution in [-0.4, -0.2) is 39.4 Å². The second-order valence-electron chi connectivity index (χ2n) is 3.87. The first-order valence-electron chi connectivity index (χ1n) is 5.48. The fraction of sp³-hybridized carbons (Fsp3) is 0.909. The van der Waals surface area contributed by atoms with Gasteiger partial charge < -0.3 is 14.8 Å². The number of nitrogens with one attached hydrogen (secondary N) is 1. The lowest BCUT2D eigenvalue weighted by Gasteiger charge is -2.14. The van der Waals surface area contributed by atoms with Crippen molar-refractivity contribution < 1.29 is 14.3 Å². The molecular weight excluding hydrogens is 194 g/mol. The van der Waals surface area contributed by atoms with Crippen LogP contribution in [0.5, 0.6) is 0 Å². The van der Waals surface area contributed by atoms with Gasteiger partial charge in [0.05, 0.1) is 12.5 Å². The van der Waals surface area contributed by atoms with Gasteiger partial charge in [-0.1, -0.05) is 13.8 Å². The summed E-state index contributed by atoms with van der Waals surface area (Å²) in [5.74, 6) is 0.244. The number of hydrogen-bond donors (Lipinski definition) is 1. The van der Waals surface area contributed by atoms with E-state index in [0.29, 0.717) is 19.1 Å². The first-order chi connectivity index (χ1) is 7.11. The molecule has 0 heterocycles. The van der Waals surface area contributed by atoms with Gasteiger partial charge in [-0.25, -0.2) is 0 Å². The summed E-state index contributed by atoms with van der Waals surface area (Å²) in [6.45, 7) is 8.49. The number of esters is 1. The summed E-state index contributed by atoms with van der Waals surface area (Å²) in [6, 6.07) is 0. The van der Waals surface area contributed by atoms with Gasteiger partial charge >= 0.3 is 5.97 Å². The minimum atomic E-state index is -0.135. The van der Waals surface area contributed by atoms with Crippen LogP contribution in [0.2, 0.25) is 0 Å². The number of methoxy groups -OCH3 is 1. The first kappa shape index (κ1) is 14.4. The highest BCUT2D eigenvalue weighted by Crippen LogP contribution is 1.98. The Morgan fingerprint density at radius 1 is 1.33 bits per heavy atom. The van der Waals surface area contributed by atoms with Gasteiger partial charge in [0.1, 0.15) is 0 Å². The van der Waals surface area contributed by atoms with E-state index in [1.165, 1.54) is 0 Å². The van der Waals surface area contributed by atoms with Crippen molar-refractivity contribution >= 4 is 5.97 Å². The lowest BCUT2D eigenvalue weighted by atomic mass is 10.1. The number of carbonyl (C=O) groups is 1. The maximum Gasteiger partial charge on any atom is 0.309 e. The lowest BCUT2D eigenvalue weighted by Crippen LogP contribution is -2.31. The molecule has 0 aliphatic carbocycles. The fourth-order valence-corrected chi connectivity index (χ4v) is 1.26. The average Bonchev–Trinajstić information content (AvgIpc) is 2.18. The molecule has 90 valence electrons. The van der Waals surface area contributed by atoms with Crippen molar-refractivity contribution in [2.75, 3.05) is 33.4 Å². The third-order valence-electron chi connectivity index (χ3n) is 2.08. The van der Waals surface area contributed by atoms with Crippen LogP contribution in [-0.2, 0) is 14.3 Å². The van der Waals surface area contributed by atoms with Gasteiger partial charge in [0.2, 0.25) is 0 Å². The topological polar surface area (TPSA) is 47.6 Å². The molecule has 0 aliphatic heterocycles. The van der Waals surface area contributed by atoms with Gasteiger partial charge in [0, 0.05) is 20.3 Å². The van der Waals surface area contributed by atoms with E-state index in [1.807, 2.05) is 13.8 Å². The molecule has 0 spiro atoms. The molecule has 0 fully saturated rings. The van der Waals surface area contributed by atoms with E-state index in [9.17, 15) is 4.79 Å². The van der Waals surface area contributed by atoms with E-state index in [1.54, 1.807) is 7.11 Å². The van der Waals surface area contributed by atoms with Crippen LogP contribution in [0.4, 0.5) is 0 Å². The van der Waals surface area contributed by atoms with Crippen molar-refractivity contribution in [3.05, 3.63) is 0 Å². The van der Waals surface area contributed by atoms with Gasteiger partial charge in [-0.2, -0.15) is 0 Å². The summed E-state index contributed by atoms with van der Waals surface area (Å²) >= 11 is 0. The molecule has 2 unspecified atom stereocenters. The Bertz CT molecular complexity index is 173. The highest BCUT2D eigenvalue weighted by Gasteiger charge is 2.13. The molecule has 0 saturated heterocycles. The Morgan fingerprint density at radius 2 is 2.00 bits per heavy atom. The predicted octanol–water partition coefficient (Wildman–Crippen LogP) is 1.06. The number of rotatable bonds is 8. The molecule has 4 heteroatoms. The quantitative estimate of drug-likeness (QED) is 0.618. The molecule has 2 atom stereocenters. The van der Waals surface area contributed by atoms with Crippen molar-refractivity contribution in [1.82, 2.24) is 5.32 Å². The van der Waals surface area contributed by atoms with Gasteiger partial charge in [-0.05, 0) is 19.4 Å². The maximum atomic E-state index is 11.3. The minimum Gasteiger partial charge on any atom is -0.466 e. The highest BCUT2D eigenvalue weighted by atomic mass is 16.5. The molecule has 1 N–H and O–H groups in total. The summed E-state index contributed by atoms with van der Waals surface area (Å²) in [5, 5.41) is 3.23. The average molecular weight is 217 g/mol. The van der Waals surface area contributed by atoms with Gasteiger partial charge in [0.25, 0.3) is 0 Å². The van der Waals surface area contributed by atoms with Crippen LogP contribution in [0, 0.1) is 11.8 Å². The van der Waals surface area contributed by atoms with Crippen LogP contribution in [0.1, 0.15) is 20.8 Å². The molecule has 0 bridgehead atoms. The van der Waals surface area contributed by atoms with Crippen molar-refractivity contribution in [3.8, 4) is 0 Å². The van der Waals surface area contributed by atoms with Crippen molar-refractivity contribution in [2.45, 2.75) is 20.8 Å². The Hall–Kier alpha value is -0.610. The molecule has 0 amide bonds. The van der Waals surface area contributed by atoms with Crippen LogP contribution in [0.15, 0.2) is 0 Å². The lowest BCUT2D eigenvalue weighted by molar-refractivity contribution is -0.147. The van der Waals surface area contributed by atoms with E-state index in [0.717, 1.165) is 13.2 Å². The molecule has 0 rings (SSSR count). The Labute approximate surface area is 92.3 Å². The zero-order valence-electron chi connectivity index (χ0n) is 10.2. The van der Waals surface area contributed by atoms with E-state index < -0.39 is 0 Å². The molecule has 0 aromatic carbocycles. The van der Waals surface area contributed by atoms with Gasteiger partial charge in [-0.15, -0.1) is 0 Å². The second kappa shape index (κ2) is 8.68. The minimum absolute atomic E-state index is 0.0836. The summed E-state index contributed by atoms with van der Waals surface area (Å²) in [5.41, 5.74) is 0. The van der Waals surface area contributed by atoms with Crippen LogP contribution in [0.3, 0.4) is 0 Å². The number of hydrogen-bond acceptors (Lipinski definition) is 4. The van der Waals surface area contributed by atoms with Crippen molar-refractivity contribution in [1.29, 1.82) is 0 Å². The third-order valence-corrected chi connectivity index (χ3v) is 2.08. The summed E-state index contributed by atoms with van der Waals surface area (Å²) in [4.78, 5) is 11.3. The van der Waals surface area contributed by atoms with Crippen LogP contribution >= 0.6 is 0 Å². The molecule has 15 heavy (non-hydrogen) atoms. The third kappa shape index (κ3) is 7.33. The Balaban J connectivity index is 3.53. The molecule has 4 nitrogen and oxygen atoms in total. The van der Waals surface area contributed by atoms with E-state index >= 15 is 0 Å². The molecule has 0 radical (unpaired) electrons. The highest BCUT2D eigenvalue weighted by molar-refractivity contribution is 5.72. The van der Waals surface area contributed by atoms with E-state index in [-0.39, 0.29) is 11.9 Å². The number of carbonyl (C=O) groups excluding carboxylic acids is 1. The maximum absolute atomic E-state index is 11.3. The number of ether oxygens (including phenoxy) is 2. The monoisotopic (exact) mass is 217 g/mol. The zero-order chi connectivity index (χ0) is 11.7. The zero-order valence-corrected chi connectivity index (χ0v) is 10.2. The smallest absolute Gasteiger partial charge is 0.309 e. The Morgan fingerprint density at radius 3 is 2.53 bits per heavy atom. The van der Waals surface area contributed by atoms with Crippen LogP contribution in [0.25, 0.3) is 0 Å². The molecule has 0 aromatic heterocycles. The van der Waals surface area contributed by atoms with Gasteiger partial charge in [0.15, 0.2) is 0 Å². The van der Waals surface area contributed by atoms with E-state index in [4.69, 9.17) is 9.47 Å². The summed E-state index contributed by atoms with van der Waals surface area (Å²) < 4.78 is 9.92. The largest absolute Gasteiger partial charge is 0.466 e. The molecule has 0 aromatic rings. The fourth-order valence-electron chi connectivity index (χ4n) is 1.26. The molecular formula is C11H23NO3. The summed E-state index contributed by atoms with van der Waals surface area (Å²) in [6.07, 6.45) is 0. The van der Waals surface area contributed by atoms with Gasteiger partial charge in [-0.3, -0.25) is 4.79 Å². The Kier molecular flexibility index (Phi) is 8.33. The first-order valence-corrected chi connectivity index (χ1v) is 5.48. The van der Waals surface area contributed by atoms with Crippen molar-refractivity contribution in [2.24, 2.45) is 11.8 Å². The summed E-state index contributed by atoms with van der Waals surface area (Å²) in [7, 11) is 1.69. The van der Waals surface area contributed by atoms with E-state index in [2.05, 4.69) is 12.2 Å². The van der Waals surface area contributed by atoms with Crippen LogP contribution < -0.4 is 5.32 Å². The normalized spacial score (nSPS) is 14.7. The second-order valence-corrected chi connectivity index (χ2v) is 3.87. The molecule has 0 saturated carbocycles. The standard InChI is InChI=1S/C11H23NO3/c1-5-15-11(13)10(3)7-12-6-9(2)8-14-4/h9-10,12H,5-8H2,1-4H3. The van der Waals surface area contributed by atoms with Crippen molar-refractivity contribution in [3.63, 3.8) is 0 Å². The predicted molar refractivity (Wildman–Crippen MR) is 59.7 cm³/mol. The molecule has 0 aliphatic rings.